The highest BCUT2D eigenvalue weighted by Crippen LogP contribution is 2.13. The van der Waals surface area contributed by atoms with Gasteiger partial charge in [-0.3, -0.25) is 14.5 Å². The summed E-state index contributed by atoms with van der Waals surface area (Å²) in [5.41, 5.74) is 1.07. The van der Waals surface area contributed by atoms with Crippen LogP contribution in [0.25, 0.3) is 0 Å². The topological polar surface area (TPSA) is 57.6 Å². The Bertz CT molecular complexity index is 402. The fraction of sp³-hybridized carbons (Fsp3) is 0.333. The standard InChI is InChI=1S/C12H13NO3/c14-10-8-11(15)13(12(10)16)7-6-9-4-2-1-3-5-9/h1-5,10,14H,6-8H2/t10-/m0/s1. The van der Waals surface area contributed by atoms with E-state index in [0.717, 1.165) is 10.5 Å². The normalized spacial score (nSPS) is 20.6. The van der Waals surface area contributed by atoms with Crippen molar-refractivity contribution in [1.82, 2.24) is 4.90 Å². The fourth-order valence-electron chi connectivity index (χ4n) is 1.79. The first kappa shape index (κ1) is 10.8. The van der Waals surface area contributed by atoms with E-state index >= 15 is 0 Å². The number of aliphatic hydroxyl groups is 1. The Balaban J connectivity index is 1.96. The Hall–Kier alpha value is -1.68. The summed E-state index contributed by atoms with van der Waals surface area (Å²) in [6, 6.07) is 9.64. The summed E-state index contributed by atoms with van der Waals surface area (Å²) in [7, 11) is 0. The minimum atomic E-state index is -1.14. The van der Waals surface area contributed by atoms with Crippen molar-refractivity contribution in [3.8, 4) is 0 Å². The van der Waals surface area contributed by atoms with Crippen LogP contribution in [0.15, 0.2) is 30.3 Å². The molecule has 4 nitrogen and oxygen atoms in total. The number of aliphatic hydroxyl groups excluding tert-OH is 1. The summed E-state index contributed by atoms with van der Waals surface area (Å²) >= 11 is 0. The molecule has 1 aromatic carbocycles. The van der Waals surface area contributed by atoms with Crippen LogP contribution in [0.1, 0.15) is 12.0 Å². The number of amides is 2. The molecule has 1 heterocycles. The lowest BCUT2D eigenvalue weighted by Crippen LogP contribution is -2.33. The van der Waals surface area contributed by atoms with Gasteiger partial charge in [0.05, 0.1) is 6.42 Å². The third-order valence-electron chi connectivity index (χ3n) is 2.69. The van der Waals surface area contributed by atoms with Crippen LogP contribution in [0.3, 0.4) is 0 Å². The quantitative estimate of drug-likeness (QED) is 0.746. The first-order valence-electron chi connectivity index (χ1n) is 5.24. The SMILES string of the molecule is O=C1C[C@H](O)C(=O)N1CCc1ccccc1. The van der Waals surface area contributed by atoms with Gasteiger partial charge in [-0.15, -0.1) is 0 Å². The number of likely N-dealkylation sites (tertiary alicyclic amines) is 1. The molecule has 2 amide bonds. The predicted octanol–water partition coefficient (Wildman–Crippen LogP) is 0.349. The highest BCUT2D eigenvalue weighted by Gasteiger charge is 2.36. The fourth-order valence-corrected chi connectivity index (χ4v) is 1.79. The number of hydrogen-bond acceptors (Lipinski definition) is 3. The molecule has 1 atom stereocenters. The van der Waals surface area contributed by atoms with Gasteiger partial charge in [-0.2, -0.15) is 0 Å². The Kier molecular flexibility index (Phi) is 3.01. The summed E-state index contributed by atoms with van der Waals surface area (Å²) in [5.74, 6) is -0.755. The minimum absolute atomic E-state index is 0.0758. The zero-order valence-corrected chi connectivity index (χ0v) is 8.80. The second-order valence-electron chi connectivity index (χ2n) is 3.84. The van der Waals surface area contributed by atoms with Gasteiger partial charge >= 0.3 is 0 Å². The van der Waals surface area contributed by atoms with Crippen LogP contribution in [0, 0.1) is 0 Å². The molecule has 0 radical (unpaired) electrons. The van der Waals surface area contributed by atoms with E-state index in [4.69, 9.17) is 0 Å². The Labute approximate surface area is 93.5 Å². The van der Waals surface area contributed by atoms with Crippen molar-refractivity contribution in [2.24, 2.45) is 0 Å². The molecule has 0 saturated carbocycles. The van der Waals surface area contributed by atoms with Gasteiger partial charge in [0, 0.05) is 6.54 Å². The predicted molar refractivity (Wildman–Crippen MR) is 57.5 cm³/mol. The maximum Gasteiger partial charge on any atom is 0.258 e. The van der Waals surface area contributed by atoms with Gasteiger partial charge in [-0.05, 0) is 12.0 Å². The average Bonchev–Trinajstić information content (AvgIpc) is 2.53. The first-order valence-corrected chi connectivity index (χ1v) is 5.24. The van der Waals surface area contributed by atoms with Gasteiger partial charge in [-0.25, -0.2) is 0 Å². The van der Waals surface area contributed by atoms with Crippen molar-refractivity contribution in [2.45, 2.75) is 18.9 Å². The number of carbonyl (C=O) groups excluding carboxylic acids is 2. The number of carbonyl (C=O) groups is 2. The van der Waals surface area contributed by atoms with Gasteiger partial charge in [-0.1, -0.05) is 30.3 Å². The molecule has 1 fully saturated rings. The van der Waals surface area contributed by atoms with Crippen LogP contribution in [0.5, 0.6) is 0 Å². The van der Waals surface area contributed by atoms with Crippen molar-refractivity contribution < 1.29 is 14.7 Å². The molecule has 1 N–H and O–H groups in total. The summed E-state index contributed by atoms with van der Waals surface area (Å²) in [4.78, 5) is 23.9. The Morgan fingerprint density at radius 1 is 1.25 bits per heavy atom. The largest absolute Gasteiger partial charge is 0.383 e. The molecule has 1 aliphatic heterocycles. The molecule has 1 aliphatic rings. The maximum atomic E-state index is 11.4. The third-order valence-corrected chi connectivity index (χ3v) is 2.69. The third kappa shape index (κ3) is 2.12. The summed E-state index contributed by atoms with van der Waals surface area (Å²) in [6.45, 7) is 0.346. The van der Waals surface area contributed by atoms with Crippen LogP contribution in [-0.2, 0) is 16.0 Å². The molecule has 2 rings (SSSR count). The van der Waals surface area contributed by atoms with Crippen LogP contribution in [-0.4, -0.2) is 34.5 Å². The van der Waals surface area contributed by atoms with E-state index < -0.39 is 12.0 Å². The van der Waals surface area contributed by atoms with Crippen LogP contribution in [0.2, 0.25) is 0 Å². The molecule has 0 unspecified atom stereocenters. The second kappa shape index (κ2) is 4.45. The molecule has 0 aromatic heterocycles. The van der Waals surface area contributed by atoms with Crippen molar-refractivity contribution in [3.05, 3.63) is 35.9 Å². The van der Waals surface area contributed by atoms with E-state index in [-0.39, 0.29) is 12.3 Å². The van der Waals surface area contributed by atoms with E-state index in [1.165, 1.54) is 0 Å². The van der Waals surface area contributed by atoms with Crippen molar-refractivity contribution in [2.75, 3.05) is 6.54 Å². The van der Waals surface area contributed by atoms with Gasteiger partial charge < -0.3 is 5.11 Å². The Morgan fingerprint density at radius 2 is 1.94 bits per heavy atom. The van der Waals surface area contributed by atoms with Crippen LogP contribution in [0.4, 0.5) is 0 Å². The van der Waals surface area contributed by atoms with E-state index in [1.807, 2.05) is 30.3 Å². The zero-order valence-electron chi connectivity index (χ0n) is 8.80. The molecular formula is C12H13NO3. The monoisotopic (exact) mass is 219 g/mol. The van der Waals surface area contributed by atoms with Crippen molar-refractivity contribution >= 4 is 11.8 Å². The zero-order chi connectivity index (χ0) is 11.5. The molecular weight excluding hydrogens is 206 g/mol. The Morgan fingerprint density at radius 3 is 2.50 bits per heavy atom. The summed E-state index contributed by atoms with van der Waals surface area (Å²) in [6.07, 6.45) is -0.582. The average molecular weight is 219 g/mol. The smallest absolute Gasteiger partial charge is 0.258 e. The lowest BCUT2D eigenvalue weighted by molar-refractivity contribution is -0.140. The van der Waals surface area contributed by atoms with E-state index in [0.29, 0.717) is 13.0 Å². The molecule has 16 heavy (non-hydrogen) atoms. The highest BCUT2D eigenvalue weighted by atomic mass is 16.3. The molecule has 0 bridgehead atoms. The number of rotatable bonds is 3. The van der Waals surface area contributed by atoms with E-state index in [2.05, 4.69) is 0 Å². The van der Waals surface area contributed by atoms with Crippen LogP contribution >= 0.6 is 0 Å². The van der Waals surface area contributed by atoms with E-state index in [1.54, 1.807) is 0 Å². The number of imide groups is 1. The molecule has 1 aromatic rings. The van der Waals surface area contributed by atoms with Gasteiger partial charge in [0.15, 0.2) is 0 Å². The summed E-state index contributed by atoms with van der Waals surface area (Å²) in [5, 5.41) is 9.22. The molecule has 84 valence electrons. The van der Waals surface area contributed by atoms with E-state index in [9.17, 15) is 14.7 Å². The summed E-state index contributed by atoms with van der Waals surface area (Å²) < 4.78 is 0. The lowest BCUT2D eigenvalue weighted by Gasteiger charge is -2.13. The minimum Gasteiger partial charge on any atom is -0.383 e. The molecule has 1 saturated heterocycles. The van der Waals surface area contributed by atoms with Crippen molar-refractivity contribution in [3.63, 3.8) is 0 Å². The van der Waals surface area contributed by atoms with Crippen LogP contribution < -0.4 is 0 Å². The maximum absolute atomic E-state index is 11.4. The number of benzene rings is 1. The molecule has 0 spiro atoms. The molecule has 4 heteroatoms. The van der Waals surface area contributed by atoms with Crippen molar-refractivity contribution in [1.29, 1.82) is 0 Å². The van der Waals surface area contributed by atoms with Gasteiger partial charge in [0.2, 0.25) is 5.91 Å². The molecule has 0 aliphatic carbocycles. The number of hydrogen-bond donors (Lipinski definition) is 1. The highest BCUT2D eigenvalue weighted by molar-refractivity contribution is 6.04. The van der Waals surface area contributed by atoms with Gasteiger partial charge in [0.1, 0.15) is 6.10 Å². The first-order chi connectivity index (χ1) is 7.68. The van der Waals surface area contributed by atoms with Gasteiger partial charge in [0.25, 0.3) is 5.91 Å². The lowest BCUT2D eigenvalue weighted by atomic mass is 10.1. The second-order valence-corrected chi connectivity index (χ2v) is 3.84. The number of nitrogens with zero attached hydrogens (tertiary/aromatic N) is 1.